The molecule has 1 fully saturated rings. The van der Waals surface area contributed by atoms with Crippen LogP contribution in [0.1, 0.15) is 39.5 Å². The van der Waals surface area contributed by atoms with E-state index in [1.807, 2.05) is 0 Å². The third-order valence-electron chi connectivity index (χ3n) is 3.59. The van der Waals surface area contributed by atoms with E-state index in [-0.39, 0.29) is 5.97 Å². The smallest absolute Gasteiger partial charge is 0.315 e. The number of methoxy groups -OCH3 is 1. The predicted octanol–water partition coefficient (Wildman–Crippen LogP) is 2.45. The van der Waals surface area contributed by atoms with Crippen molar-refractivity contribution in [3.63, 3.8) is 0 Å². The van der Waals surface area contributed by atoms with Gasteiger partial charge in [-0.2, -0.15) is 0 Å². The Hall–Kier alpha value is -0.220. The van der Waals surface area contributed by atoms with Gasteiger partial charge in [-0.15, -0.1) is 11.8 Å². The third-order valence-corrected chi connectivity index (χ3v) is 4.94. The van der Waals surface area contributed by atoms with Crippen LogP contribution in [0.3, 0.4) is 0 Å². The van der Waals surface area contributed by atoms with Gasteiger partial charge in [-0.25, -0.2) is 0 Å². The zero-order valence-electron chi connectivity index (χ0n) is 11.2. The highest BCUT2D eigenvalue weighted by atomic mass is 32.2. The highest BCUT2D eigenvalue weighted by molar-refractivity contribution is 8.00. The fraction of sp³-hybridized carbons (Fsp3) is 0.923. The van der Waals surface area contributed by atoms with Crippen molar-refractivity contribution in [2.45, 2.75) is 50.8 Å². The normalized spacial score (nSPS) is 29.0. The summed E-state index contributed by atoms with van der Waals surface area (Å²) in [6.45, 7) is 5.42. The van der Waals surface area contributed by atoms with Crippen molar-refractivity contribution in [3.8, 4) is 0 Å². The maximum absolute atomic E-state index is 11.2. The number of nitrogens with one attached hydrogen (secondary N) is 1. The summed E-state index contributed by atoms with van der Waals surface area (Å²) in [6, 6.07) is 0.567. The monoisotopic (exact) mass is 259 g/mol. The summed E-state index contributed by atoms with van der Waals surface area (Å²) in [6.07, 6.45) is 5.05. The van der Waals surface area contributed by atoms with Crippen molar-refractivity contribution in [2.24, 2.45) is 5.92 Å². The van der Waals surface area contributed by atoms with Crippen molar-refractivity contribution in [3.05, 3.63) is 0 Å². The molecule has 100 valence electrons. The Morgan fingerprint density at radius 2 is 2.18 bits per heavy atom. The summed E-state index contributed by atoms with van der Waals surface area (Å²) in [5.74, 6) is 1.21. The Kier molecular flexibility index (Phi) is 6.97. The molecule has 4 heteroatoms. The third kappa shape index (κ3) is 4.88. The van der Waals surface area contributed by atoms with Crippen molar-refractivity contribution < 1.29 is 9.53 Å². The molecule has 1 aliphatic rings. The molecule has 0 bridgehead atoms. The molecule has 0 saturated heterocycles. The zero-order chi connectivity index (χ0) is 12.7. The van der Waals surface area contributed by atoms with Gasteiger partial charge in [0, 0.05) is 11.3 Å². The first kappa shape index (κ1) is 14.8. The first-order valence-corrected chi connectivity index (χ1v) is 7.67. The first-order valence-electron chi connectivity index (χ1n) is 6.63. The fourth-order valence-corrected chi connectivity index (χ4v) is 3.84. The molecule has 17 heavy (non-hydrogen) atoms. The molecule has 0 radical (unpaired) electrons. The summed E-state index contributed by atoms with van der Waals surface area (Å²) in [4.78, 5) is 11.2. The highest BCUT2D eigenvalue weighted by Crippen LogP contribution is 2.34. The summed E-state index contributed by atoms with van der Waals surface area (Å²) < 4.78 is 4.71. The Labute approximate surface area is 109 Å². The van der Waals surface area contributed by atoms with Crippen molar-refractivity contribution in [1.82, 2.24) is 5.32 Å². The predicted molar refractivity (Wildman–Crippen MR) is 73.4 cm³/mol. The molecule has 0 aliphatic heterocycles. The average molecular weight is 259 g/mol. The van der Waals surface area contributed by atoms with Crippen molar-refractivity contribution >= 4 is 17.7 Å². The molecule has 0 heterocycles. The lowest BCUT2D eigenvalue weighted by atomic mass is 9.84. The molecule has 1 rings (SSSR count). The van der Waals surface area contributed by atoms with E-state index in [1.54, 1.807) is 11.8 Å². The topological polar surface area (TPSA) is 38.3 Å². The first-order chi connectivity index (χ1) is 8.21. The lowest BCUT2D eigenvalue weighted by molar-refractivity contribution is -0.137. The number of hydrogen-bond acceptors (Lipinski definition) is 4. The largest absolute Gasteiger partial charge is 0.468 e. The van der Waals surface area contributed by atoms with E-state index in [4.69, 9.17) is 4.74 Å². The number of esters is 1. The summed E-state index contributed by atoms with van der Waals surface area (Å²) in [5.41, 5.74) is 0. The van der Waals surface area contributed by atoms with Crippen LogP contribution in [0.4, 0.5) is 0 Å². The average Bonchev–Trinajstić information content (AvgIpc) is 2.37. The van der Waals surface area contributed by atoms with Gasteiger partial charge < -0.3 is 10.1 Å². The quantitative estimate of drug-likeness (QED) is 0.744. The Bertz CT molecular complexity index is 235. The van der Waals surface area contributed by atoms with Gasteiger partial charge in [0.2, 0.25) is 0 Å². The van der Waals surface area contributed by atoms with E-state index in [1.165, 1.54) is 32.8 Å². The summed E-state index contributed by atoms with van der Waals surface area (Å²) in [7, 11) is 1.46. The Morgan fingerprint density at radius 1 is 1.41 bits per heavy atom. The summed E-state index contributed by atoms with van der Waals surface area (Å²) >= 11 is 1.76. The number of carbonyl (C=O) groups excluding carboxylic acids is 1. The van der Waals surface area contributed by atoms with Gasteiger partial charge in [-0.3, -0.25) is 4.79 Å². The molecule has 0 amide bonds. The molecule has 3 nitrogen and oxygen atoms in total. The minimum atomic E-state index is -0.108. The molecular formula is C13H25NO2S. The molecule has 3 atom stereocenters. The van der Waals surface area contributed by atoms with E-state index in [2.05, 4.69) is 19.2 Å². The van der Waals surface area contributed by atoms with Gasteiger partial charge in [-0.1, -0.05) is 20.3 Å². The maximum Gasteiger partial charge on any atom is 0.315 e. The van der Waals surface area contributed by atoms with Gasteiger partial charge in [0.05, 0.1) is 12.9 Å². The highest BCUT2D eigenvalue weighted by Gasteiger charge is 2.29. The SMILES string of the molecule is CCNC1CCC(CC)CC1SCC(=O)OC. The number of hydrogen-bond donors (Lipinski definition) is 1. The van der Waals surface area contributed by atoms with Gasteiger partial charge in [0.25, 0.3) is 0 Å². The minimum absolute atomic E-state index is 0.108. The van der Waals surface area contributed by atoms with Crippen LogP contribution in [-0.2, 0) is 9.53 Å². The van der Waals surface area contributed by atoms with Crippen LogP contribution < -0.4 is 5.32 Å². The molecule has 3 unspecified atom stereocenters. The molecule has 0 aromatic heterocycles. The molecule has 0 spiro atoms. The van der Waals surface area contributed by atoms with E-state index >= 15 is 0 Å². The standard InChI is InChI=1S/C13H25NO2S/c1-4-10-6-7-11(14-5-2)12(8-10)17-9-13(15)16-3/h10-12,14H,4-9H2,1-3H3. The van der Waals surface area contributed by atoms with Crippen LogP contribution in [0.25, 0.3) is 0 Å². The van der Waals surface area contributed by atoms with Gasteiger partial charge in [-0.05, 0) is 31.7 Å². The van der Waals surface area contributed by atoms with Gasteiger partial charge in [0.15, 0.2) is 0 Å². The molecule has 0 aromatic carbocycles. The van der Waals surface area contributed by atoms with E-state index in [0.717, 1.165) is 12.5 Å². The lowest BCUT2D eigenvalue weighted by Crippen LogP contribution is -2.42. The zero-order valence-corrected chi connectivity index (χ0v) is 12.0. The van der Waals surface area contributed by atoms with Crippen LogP contribution in [-0.4, -0.2) is 36.7 Å². The second-order valence-corrected chi connectivity index (χ2v) is 5.90. The maximum atomic E-state index is 11.2. The van der Waals surface area contributed by atoms with E-state index in [0.29, 0.717) is 17.0 Å². The Morgan fingerprint density at radius 3 is 2.76 bits per heavy atom. The number of rotatable bonds is 6. The second kappa shape index (κ2) is 7.98. The fourth-order valence-electron chi connectivity index (χ4n) is 2.50. The molecule has 1 saturated carbocycles. The number of carbonyl (C=O) groups is 1. The summed E-state index contributed by atoms with van der Waals surface area (Å²) in [5, 5.41) is 4.11. The van der Waals surface area contributed by atoms with E-state index in [9.17, 15) is 4.79 Å². The molecule has 1 N–H and O–H groups in total. The van der Waals surface area contributed by atoms with Crippen molar-refractivity contribution in [2.75, 3.05) is 19.4 Å². The van der Waals surface area contributed by atoms with Crippen LogP contribution in [0.2, 0.25) is 0 Å². The van der Waals surface area contributed by atoms with Crippen LogP contribution in [0.15, 0.2) is 0 Å². The van der Waals surface area contributed by atoms with Crippen LogP contribution in [0, 0.1) is 5.92 Å². The lowest BCUT2D eigenvalue weighted by Gasteiger charge is -2.35. The molecule has 1 aliphatic carbocycles. The van der Waals surface area contributed by atoms with Crippen molar-refractivity contribution in [1.29, 1.82) is 0 Å². The number of ether oxygens (including phenoxy) is 1. The minimum Gasteiger partial charge on any atom is -0.468 e. The number of thioether (sulfide) groups is 1. The van der Waals surface area contributed by atoms with Gasteiger partial charge >= 0.3 is 5.97 Å². The van der Waals surface area contributed by atoms with Gasteiger partial charge in [0.1, 0.15) is 0 Å². The Balaban J connectivity index is 2.45. The molecular weight excluding hydrogens is 234 g/mol. The van der Waals surface area contributed by atoms with E-state index < -0.39 is 0 Å². The molecule has 0 aromatic rings. The van der Waals surface area contributed by atoms with Crippen LogP contribution >= 0.6 is 11.8 Å². The second-order valence-electron chi connectivity index (χ2n) is 4.68. The van der Waals surface area contributed by atoms with Crippen LogP contribution in [0.5, 0.6) is 0 Å².